The number of carboxylic acids is 1. The maximum Gasteiger partial charge on any atom is 0.326 e. The van der Waals surface area contributed by atoms with Crippen LogP contribution in [0.4, 0.5) is 4.79 Å². The zero-order valence-electron chi connectivity index (χ0n) is 9.29. The fourth-order valence-corrected chi connectivity index (χ4v) is 2.52. The van der Waals surface area contributed by atoms with E-state index < -0.39 is 28.8 Å². The Labute approximate surface area is 101 Å². The Kier molecular flexibility index (Phi) is 5.36. The Hall–Kier alpha value is -1.15. The summed E-state index contributed by atoms with van der Waals surface area (Å²) in [4.78, 5) is 23.9. The minimum absolute atomic E-state index is 0.0269. The molecule has 7 nitrogen and oxygen atoms in total. The first kappa shape index (κ1) is 13.9. The van der Waals surface area contributed by atoms with Gasteiger partial charge >= 0.3 is 12.0 Å². The third-order valence-electron chi connectivity index (χ3n) is 2.48. The number of carbonyl (C=O) groups excluding carboxylic acids is 1. The largest absolute Gasteiger partial charge is 0.480 e. The van der Waals surface area contributed by atoms with Crippen LogP contribution < -0.4 is 5.32 Å². The van der Waals surface area contributed by atoms with E-state index in [2.05, 4.69) is 5.32 Å². The lowest BCUT2D eigenvalue weighted by Crippen LogP contribution is -2.51. The van der Waals surface area contributed by atoms with Crippen molar-refractivity contribution in [3.8, 4) is 0 Å². The van der Waals surface area contributed by atoms with Crippen molar-refractivity contribution >= 4 is 22.8 Å². The van der Waals surface area contributed by atoms with Gasteiger partial charge in [-0.3, -0.25) is 4.21 Å². The van der Waals surface area contributed by atoms with Gasteiger partial charge in [0.15, 0.2) is 0 Å². The number of aliphatic carboxylic acids is 1. The van der Waals surface area contributed by atoms with Gasteiger partial charge in [-0.15, -0.1) is 0 Å². The molecule has 1 aliphatic heterocycles. The van der Waals surface area contributed by atoms with Crippen LogP contribution in [0.2, 0.25) is 0 Å². The lowest BCUT2D eigenvalue weighted by atomic mass is 10.2. The monoisotopic (exact) mass is 264 g/mol. The van der Waals surface area contributed by atoms with Crippen molar-refractivity contribution in [3.05, 3.63) is 0 Å². The SMILES string of the molecule is O=C(O)C(CCO)NC(=O)N1CCS(=O)CC1. The lowest BCUT2D eigenvalue weighted by molar-refractivity contribution is -0.139. The van der Waals surface area contributed by atoms with Crippen LogP contribution in [0.1, 0.15) is 6.42 Å². The highest BCUT2D eigenvalue weighted by Gasteiger charge is 2.25. The predicted octanol–water partition coefficient (Wildman–Crippen LogP) is -1.40. The van der Waals surface area contributed by atoms with Crippen LogP contribution in [0.25, 0.3) is 0 Å². The Balaban J connectivity index is 2.46. The molecule has 0 aliphatic carbocycles. The number of aliphatic hydroxyl groups is 1. The van der Waals surface area contributed by atoms with Crippen LogP contribution in [0, 0.1) is 0 Å². The highest BCUT2D eigenvalue weighted by molar-refractivity contribution is 7.85. The smallest absolute Gasteiger partial charge is 0.326 e. The molecule has 8 heteroatoms. The van der Waals surface area contributed by atoms with Crippen LogP contribution in [0.5, 0.6) is 0 Å². The number of carboxylic acid groups (broad SMARTS) is 1. The summed E-state index contributed by atoms with van der Waals surface area (Å²) < 4.78 is 11.1. The number of nitrogens with one attached hydrogen (secondary N) is 1. The molecule has 1 atom stereocenters. The summed E-state index contributed by atoms with van der Waals surface area (Å²) in [6.45, 7) is 0.426. The standard InChI is InChI=1S/C9H16N2O5S/c12-4-1-7(8(13)14)10-9(15)11-2-5-17(16)6-3-11/h7,12H,1-6H2,(H,10,15)(H,13,14). The van der Waals surface area contributed by atoms with Crippen molar-refractivity contribution in [1.29, 1.82) is 0 Å². The van der Waals surface area contributed by atoms with E-state index in [4.69, 9.17) is 10.2 Å². The summed E-state index contributed by atoms with van der Waals surface area (Å²) >= 11 is 0. The number of hydrogen-bond acceptors (Lipinski definition) is 4. The van der Waals surface area contributed by atoms with Crippen molar-refractivity contribution in [3.63, 3.8) is 0 Å². The third-order valence-corrected chi connectivity index (χ3v) is 3.75. The van der Waals surface area contributed by atoms with Gasteiger partial charge in [0.25, 0.3) is 0 Å². The van der Waals surface area contributed by atoms with E-state index in [1.165, 1.54) is 4.90 Å². The van der Waals surface area contributed by atoms with Crippen molar-refractivity contribution in [2.24, 2.45) is 0 Å². The number of urea groups is 1. The molecular formula is C9H16N2O5S. The molecule has 1 aliphatic rings. The predicted molar refractivity (Wildman–Crippen MR) is 61.1 cm³/mol. The first-order valence-corrected chi connectivity index (χ1v) is 6.77. The molecular weight excluding hydrogens is 248 g/mol. The molecule has 98 valence electrons. The Bertz CT molecular complexity index is 313. The van der Waals surface area contributed by atoms with Crippen LogP contribution in [0.15, 0.2) is 0 Å². The number of amides is 2. The molecule has 1 rings (SSSR count). The van der Waals surface area contributed by atoms with Crippen molar-refractivity contribution in [2.75, 3.05) is 31.2 Å². The average molecular weight is 264 g/mol. The van der Waals surface area contributed by atoms with Crippen LogP contribution in [0.3, 0.4) is 0 Å². The normalized spacial score (nSPS) is 18.8. The quantitative estimate of drug-likeness (QED) is 0.578. The Morgan fingerprint density at radius 3 is 2.41 bits per heavy atom. The molecule has 2 amide bonds. The summed E-state index contributed by atoms with van der Waals surface area (Å²) in [6, 6.07) is -1.57. The summed E-state index contributed by atoms with van der Waals surface area (Å²) in [5, 5.41) is 19.8. The van der Waals surface area contributed by atoms with E-state index in [1.54, 1.807) is 0 Å². The van der Waals surface area contributed by atoms with Gasteiger partial charge in [-0.25, -0.2) is 9.59 Å². The Morgan fingerprint density at radius 2 is 1.94 bits per heavy atom. The fraction of sp³-hybridized carbons (Fsp3) is 0.778. The fourth-order valence-electron chi connectivity index (χ4n) is 1.47. The first-order chi connectivity index (χ1) is 8.04. The molecule has 0 spiro atoms. The lowest BCUT2D eigenvalue weighted by Gasteiger charge is -2.27. The molecule has 1 unspecified atom stereocenters. The first-order valence-electron chi connectivity index (χ1n) is 5.28. The molecule has 0 radical (unpaired) electrons. The maximum absolute atomic E-state index is 11.7. The summed E-state index contributed by atoms with van der Waals surface area (Å²) in [5.41, 5.74) is 0. The topological polar surface area (TPSA) is 107 Å². The summed E-state index contributed by atoms with van der Waals surface area (Å²) in [6.07, 6.45) is -0.0269. The molecule has 0 aromatic rings. The minimum atomic E-state index is -1.17. The van der Waals surface area contributed by atoms with E-state index >= 15 is 0 Å². The second kappa shape index (κ2) is 6.55. The number of hydrogen-bond donors (Lipinski definition) is 3. The van der Waals surface area contributed by atoms with Gasteiger partial charge in [0.2, 0.25) is 0 Å². The molecule has 0 saturated carbocycles. The minimum Gasteiger partial charge on any atom is -0.480 e. The van der Waals surface area contributed by atoms with E-state index in [0.717, 1.165) is 0 Å². The van der Waals surface area contributed by atoms with Gasteiger partial charge in [0.1, 0.15) is 6.04 Å². The number of aliphatic hydroxyl groups excluding tert-OH is 1. The Morgan fingerprint density at radius 1 is 1.35 bits per heavy atom. The molecule has 0 aromatic carbocycles. The van der Waals surface area contributed by atoms with Crippen molar-refractivity contribution in [1.82, 2.24) is 10.2 Å². The molecule has 1 heterocycles. The molecule has 0 bridgehead atoms. The van der Waals surface area contributed by atoms with Gasteiger partial charge < -0.3 is 20.4 Å². The van der Waals surface area contributed by atoms with Gasteiger partial charge in [-0.05, 0) is 0 Å². The van der Waals surface area contributed by atoms with Gasteiger partial charge in [-0.2, -0.15) is 0 Å². The number of carbonyl (C=O) groups is 2. The van der Waals surface area contributed by atoms with Gasteiger partial charge in [0.05, 0.1) is 0 Å². The molecule has 17 heavy (non-hydrogen) atoms. The van der Waals surface area contributed by atoms with Crippen LogP contribution in [-0.2, 0) is 15.6 Å². The molecule has 1 fully saturated rings. The van der Waals surface area contributed by atoms with Crippen molar-refractivity contribution in [2.45, 2.75) is 12.5 Å². The van der Waals surface area contributed by atoms with Gasteiger partial charge in [-0.1, -0.05) is 0 Å². The zero-order chi connectivity index (χ0) is 12.8. The van der Waals surface area contributed by atoms with E-state index in [1.807, 2.05) is 0 Å². The number of nitrogens with zero attached hydrogens (tertiary/aromatic N) is 1. The molecule has 1 saturated heterocycles. The average Bonchev–Trinajstić information content (AvgIpc) is 2.29. The van der Waals surface area contributed by atoms with Crippen molar-refractivity contribution < 1.29 is 24.0 Å². The number of rotatable bonds is 4. The second-order valence-electron chi connectivity index (χ2n) is 3.69. The third kappa shape index (κ3) is 4.31. The van der Waals surface area contributed by atoms with E-state index in [0.29, 0.717) is 24.6 Å². The second-order valence-corrected chi connectivity index (χ2v) is 5.38. The van der Waals surface area contributed by atoms with E-state index in [-0.39, 0.29) is 13.0 Å². The molecule has 3 N–H and O–H groups in total. The summed E-state index contributed by atoms with van der Waals surface area (Å²) in [7, 11) is -0.880. The molecule has 0 aromatic heterocycles. The highest BCUT2D eigenvalue weighted by Crippen LogP contribution is 2.02. The highest BCUT2D eigenvalue weighted by atomic mass is 32.2. The zero-order valence-corrected chi connectivity index (χ0v) is 10.1. The van der Waals surface area contributed by atoms with Crippen LogP contribution in [-0.4, -0.2) is 68.6 Å². The maximum atomic E-state index is 11.7. The summed E-state index contributed by atoms with van der Waals surface area (Å²) in [5.74, 6) is -0.330. The van der Waals surface area contributed by atoms with Crippen LogP contribution >= 0.6 is 0 Å². The van der Waals surface area contributed by atoms with Gasteiger partial charge in [0, 0.05) is 48.4 Å². The van der Waals surface area contributed by atoms with E-state index in [9.17, 15) is 13.8 Å².